The Bertz CT molecular complexity index is 968. The first-order chi connectivity index (χ1) is 17.3. The Morgan fingerprint density at radius 2 is 1.64 bits per heavy atom. The highest BCUT2D eigenvalue weighted by atomic mass is 19.2. The van der Waals surface area contributed by atoms with E-state index >= 15 is 0 Å². The second kappa shape index (κ2) is 13.7. The van der Waals surface area contributed by atoms with E-state index in [2.05, 4.69) is 6.92 Å². The van der Waals surface area contributed by atoms with Crippen LogP contribution in [-0.2, 0) is 9.53 Å². The third kappa shape index (κ3) is 7.27. The minimum absolute atomic E-state index is 0.0509. The molecule has 1 fully saturated rings. The summed E-state index contributed by atoms with van der Waals surface area (Å²) in [5.41, 5.74) is 1.92. The van der Waals surface area contributed by atoms with E-state index < -0.39 is 23.8 Å². The fourth-order valence-electron chi connectivity index (χ4n) is 4.69. The molecule has 1 aliphatic rings. The zero-order valence-electron chi connectivity index (χ0n) is 21.7. The zero-order valence-corrected chi connectivity index (χ0v) is 21.7. The number of benzene rings is 2. The van der Waals surface area contributed by atoms with Gasteiger partial charge < -0.3 is 9.47 Å². The SMILES string of the molecule is CCCCCCOc1ccc(-c2ccc(C3CCC(OC(=O)[C@@H](F)[C@@H](C)CC)CC3)cc2)c(F)c1F. The molecule has 198 valence electrons. The summed E-state index contributed by atoms with van der Waals surface area (Å²) in [6.07, 6.45) is 5.81. The number of hydrogen-bond acceptors (Lipinski definition) is 3. The van der Waals surface area contributed by atoms with Crippen LogP contribution in [0.5, 0.6) is 5.75 Å². The van der Waals surface area contributed by atoms with Gasteiger partial charge in [0, 0.05) is 5.56 Å². The van der Waals surface area contributed by atoms with Gasteiger partial charge in [-0.1, -0.05) is 70.7 Å². The fourth-order valence-corrected chi connectivity index (χ4v) is 4.69. The molecule has 0 unspecified atom stereocenters. The number of ether oxygens (including phenoxy) is 2. The Kier molecular flexibility index (Phi) is 10.7. The van der Waals surface area contributed by atoms with Gasteiger partial charge in [-0.2, -0.15) is 4.39 Å². The van der Waals surface area contributed by atoms with E-state index in [1.54, 1.807) is 13.0 Å². The van der Waals surface area contributed by atoms with Crippen LogP contribution in [0.1, 0.15) is 90.0 Å². The Hall–Kier alpha value is -2.50. The molecule has 0 saturated heterocycles. The normalized spacial score (nSPS) is 19.5. The number of alkyl halides is 1. The monoisotopic (exact) mass is 504 g/mol. The maximum absolute atomic E-state index is 14.8. The highest BCUT2D eigenvalue weighted by molar-refractivity contribution is 5.75. The molecule has 2 aromatic carbocycles. The predicted octanol–water partition coefficient (Wildman–Crippen LogP) is 8.54. The van der Waals surface area contributed by atoms with E-state index in [0.717, 1.165) is 44.1 Å². The van der Waals surface area contributed by atoms with Crippen molar-refractivity contribution in [3.05, 3.63) is 53.6 Å². The van der Waals surface area contributed by atoms with Gasteiger partial charge in [-0.3, -0.25) is 0 Å². The molecule has 3 rings (SSSR count). The Balaban J connectivity index is 1.55. The first kappa shape index (κ1) is 28.1. The predicted molar refractivity (Wildman–Crippen MR) is 137 cm³/mol. The summed E-state index contributed by atoms with van der Waals surface area (Å²) < 4.78 is 54.3. The molecule has 0 N–H and O–H groups in total. The van der Waals surface area contributed by atoms with E-state index in [0.29, 0.717) is 31.4 Å². The van der Waals surface area contributed by atoms with E-state index in [4.69, 9.17) is 9.47 Å². The molecule has 1 saturated carbocycles. The smallest absolute Gasteiger partial charge is 0.341 e. The molecule has 0 aromatic heterocycles. The molecule has 0 heterocycles. The third-order valence-electron chi connectivity index (χ3n) is 7.32. The lowest BCUT2D eigenvalue weighted by atomic mass is 9.82. The van der Waals surface area contributed by atoms with E-state index in [1.807, 2.05) is 31.2 Å². The van der Waals surface area contributed by atoms with Crippen molar-refractivity contribution in [3.8, 4) is 16.9 Å². The van der Waals surface area contributed by atoms with Crippen LogP contribution in [0.2, 0.25) is 0 Å². The lowest BCUT2D eigenvalue weighted by molar-refractivity contribution is -0.158. The molecule has 36 heavy (non-hydrogen) atoms. The van der Waals surface area contributed by atoms with Crippen molar-refractivity contribution >= 4 is 5.97 Å². The Labute approximate surface area is 213 Å². The molecule has 0 bridgehead atoms. The van der Waals surface area contributed by atoms with Crippen LogP contribution in [0.15, 0.2) is 36.4 Å². The van der Waals surface area contributed by atoms with Gasteiger partial charge >= 0.3 is 5.97 Å². The van der Waals surface area contributed by atoms with Crippen molar-refractivity contribution in [3.63, 3.8) is 0 Å². The van der Waals surface area contributed by atoms with Gasteiger partial charge in [0.05, 0.1) is 6.61 Å². The van der Waals surface area contributed by atoms with Crippen molar-refractivity contribution in [2.75, 3.05) is 6.61 Å². The second-order valence-corrected chi connectivity index (χ2v) is 9.97. The summed E-state index contributed by atoms with van der Waals surface area (Å²) >= 11 is 0. The van der Waals surface area contributed by atoms with Crippen LogP contribution >= 0.6 is 0 Å². The van der Waals surface area contributed by atoms with Crippen LogP contribution in [0, 0.1) is 17.6 Å². The molecule has 2 atom stereocenters. The molecule has 0 spiro atoms. The minimum Gasteiger partial charge on any atom is -0.490 e. The van der Waals surface area contributed by atoms with E-state index in [-0.39, 0.29) is 29.3 Å². The minimum atomic E-state index is -1.57. The lowest BCUT2D eigenvalue weighted by Crippen LogP contribution is -2.31. The van der Waals surface area contributed by atoms with Crippen LogP contribution in [0.25, 0.3) is 11.1 Å². The summed E-state index contributed by atoms with van der Waals surface area (Å²) in [5.74, 6) is -2.72. The number of carbonyl (C=O) groups excluding carboxylic acids is 1. The van der Waals surface area contributed by atoms with E-state index in [9.17, 15) is 18.0 Å². The molecule has 0 radical (unpaired) electrons. The summed E-state index contributed by atoms with van der Waals surface area (Å²) in [4.78, 5) is 12.0. The van der Waals surface area contributed by atoms with Crippen molar-refractivity contribution in [2.45, 2.75) is 96.8 Å². The zero-order chi connectivity index (χ0) is 26.1. The molecular formula is C30H39F3O3. The van der Waals surface area contributed by atoms with Crippen LogP contribution in [-0.4, -0.2) is 24.9 Å². The van der Waals surface area contributed by atoms with Crippen molar-refractivity contribution in [2.24, 2.45) is 5.92 Å². The largest absolute Gasteiger partial charge is 0.490 e. The molecule has 1 aliphatic carbocycles. The number of carbonyl (C=O) groups is 1. The molecular weight excluding hydrogens is 465 g/mol. The topological polar surface area (TPSA) is 35.5 Å². The van der Waals surface area contributed by atoms with Crippen molar-refractivity contribution in [1.29, 1.82) is 0 Å². The first-order valence-corrected chi connectivity index (χ1v) is 13.4. The van der Waals surface area contributed by atoms with Crippen molar-refractivity contribution < 1.29 is 27.4 Å². The molecule has 0 amide bonds. The summed E-state index contributed by atoms with van der Waals surface area (Å²) in [5, 5.41) is 0. The van der Waals surface area contributed by atoms with Gasteiger partial charge in [-0.05, 0) is 67.2 Å². The molecule has 6 heteroatoms. The van der Waals surface area contributed by atoms with Gasteiger partial charge in [0.1, 0.15) is 6.10 Å². The maximum Gasteiger partial charge on any atom is 0.341 e. The van der Waals surface area contributed by atoms with Gasteiger partial charge in [-0.25, -0.2) is 13.6 Å². The van der Waals surface area contributed by atoms with Gasteiger partial charge in [0.2, 0.25) is 5.82 Å². The number of rotatable bonds is 12. The van der Waals surface area contributed by atoms with E-state index in [1.165, 1.54) is 6.07 Å². The highest BCUT2D eigenvalue weighted by Gasteiger charge is 2.30. The average molecular weight is 505 g/mol. The van der Waals surface area contributed by atoms with Crippen molar-refractivity contribution in [1.82, 2.24) is 0 Å². The lowest BCUT2D eigenvalue weighted by Gasteiger charge is -2.29. The van der Waals surface area contributed by atoms with Gasteiger partial charge in [0.25, 0.3) is 0 Å². The standard InChI is InChI=1S/C30H39F3O3/c1-4-6-7-8-19-35-26-18-17-25(28(32)29(26)33)23-11-9-21(10-12-23)22-13-15-24(16-14-22)36-30(34)27(31)20(3)5-2/h9-12,17-18,20,22,24,27H,4-8,13-16,19H2,1-3H3/t20-,22?,24?,27-/m0/s1. The number of halogens is 3. The first-order valence-electron chi connectivity index (χ1n) is 13.4. The van der Waals surface area contributed by atoms with Gasteiger partial charge in [0.15, 0.2) is 17.7 Å². The Morgan fingerprint density at radius 3 is 2.28 bits per heavy atom. The summed E-state index contributed by atoms with van der Waals surface area (Å²) in [6, 6.07) is 10.6. The number of hydrogen-bond donors (Lipinski definition) is 0. The number of esters is 1. The highest BCUT2D eigenvalue weighted by Crippen LogP contribution is 2.36. The van der Waals surface area contributed by atoms with Crippen LogP contribution in [0.4, 0.5) is 13.2 Å². The molecule has 2 aromatic rings. The third-order valence-corrected chi connectivity index (χ3v) is 7.32. The van der Waals surface area contributed by atoms with Crippen LogP contribution < -0.4 is 4.74 Å². The summed E-state index contributed by atoms with van der Waals surface area (Å²) in [6.45, 7) is 6.05. The summed E-state index contributed by atoms with van der Waals surface area (Å²) in [7, 11) is 0. The van der Waals surface area contributed by atoms with Crippen LogP contribution in [0.3, 0.4) is 0 Å². The quantitative estimate of drug-likeness (QED) is 0.215. The average Bonchev–Trinajstić information content (AvgIpc) is 2.90. The van der Waals surface area contributed by atoms with Gasteiger partial charge in [-0.15, -0.1) is 0 Å². The molecule has 3 nitrogen and oxygen atoms in total. The molecule has 0 aliphatic heterocycles. The number of unbranched alkanes of at least 4 members (excludes halogenated alkanes) is 3. The second-order valence-electron chi connectivity index (χ2n) is 9.97. The fraction of sp³-hybridized carbons (Fsp3) is 0.567. The maximum atomic E-state index is 14.8. The Morgan fingerprint density at radius 1 is 0.944 bits per heavy atom.